The molecule has 0 fully saturated rings. The topological polar surface area (TPSA) is 63.6 Å². The van der Waals surface area contributed by atoms with E-state index >= 15 is 0 Å². The van der Waals surface area contributed by atoms with Gasteiger partial charge in [0.25, 0.3) is 0 Å². The second-order valence-electron chi connectivity index (χ2n) is 1.42. The van der Waals surface area contributed by atoms with E-state index in [1.165, 1.54) is 0 Å². The minimum atomic E-state index is -1.16. The normalized spacial score (nSPS) is 8.82. The molecule has 0 heterocycles. The summed E-state index contributed by atoms with van der Waals surface area (Å²) < 4.78 is 4.40. The van der Waals surface area contributed by atoms with Crippen LogP contribution in [0.3, 0.4) is 0 Å². The zero-order valence-corrected chi connectivity index (χ0v) is 6.67. The van der Waals surface area contributed by atoms with E-state index in [-0.39, 0.29) is 19.0 Å². The zero-order valence-electron chi connectivity index (χ0n) is 5.91. The summed E-state index contributed by atoms with van der Waals surface area (Å²) in [5.74, 6) is -1.79. The molecule has 0 aliphatic rings. The number of carboxylic acids is 1. The molecule has 0 aliphatic carbocycles. The minimum absolute atomic E-state index is 0. The van der Waals surface area contributed by atoms with Gasteiger partial charge in [-0.2, -0.15) is 0 Å². The van der Waals surface area contributed by atoms with Crippen molar-refractivity contribution in [2.24, 2.45) is 0 Å². The van der Waals surface area contributed by atoms with Crippen LogP contribution >= 0.6 is 0 Å². The second kappa shape index (κ2) is 7.08. The highest BCUT2D eigenvalue weighted by atomic mass is 35.5. The largest absolute Gasteiger partial charge is 1.00 e. The molecule has 0 aromatic carbocycles. The summed E-state index contributed by atoms with van der Waals surface area (Å²) in [4.78, 5) is 20.2. The Morgan fingerprint density at radius 1 is 1.45 bits per heavy atom. The molecular formula is C6H8ClO4-. The molecule has 0 radical (unpaired) electrons. The van der Waals surface area contributed by atoms with Crippen LogP contribution in [0.1, 0.15) is 6.92 Å². The van der Waals surface area contributed by atoms with Crippen LogP contribution in [-0.2, 0) is 14.3 Å². The molecule has 0 aliphatic heterocycles. The van der Waals surface area contributed by atoms with Crippen molar-refractivity contribution in [2.45, 2.75) is 6.92 Å². The molecule has 0 rings (SSSR count). The first-order valence-electron chi connectivity index (χ1n) is 2.74. The first-order chi connectivity index (χ1) is 4.66. The third-order valence-corrected chi connectivity index (χ3v) is 0.649. The van der Waals surface area contributed by atoms with Crippen molar-refractivity contribution < 1.29 is 31.8 Å². The molecule has 0 saturated carbocycles. The van der Waals surface area contributed by atoms with Gasteiger partial charge in [0.2, 0.25) is 0 Å². The fourth-order valence-corrected chi connectivity index (χ4v) is 0.330. The van der Waals surface area contributed by atoms with Gasteiger partial charge in [0, 0.05) is 12.2 Å². The van der Waals surface area contributed by atoms with Crippen molar-refractivity contribution in [3.05, 3.63) is 12.2 Å². The van der Waals surface area contributed by atoms with Gasteiger partial charge in [0.15, 0.2) is 0 Å². The van der Waals surface area contributed by atoms with E-state index in [2.05, 4.69) is 4.74 Å². The van der Waals surface area contributed by atoms with E-state index in [0.29, 0.717) is 0 Å². The van der Waals surface area contributed by atoms with Gasteiger partial charge >= 0.3 is 11.9 Å². The maximum absolute atomic E-state index is 10.4. The van der Waals surface area contributed by atoms with Crippen LogP contribution in [0, 0.1) is 0 Å². The number of carbonyl (C=O) groups is 2. The average Bonchev–Trinajstić information content (AvgIpc) is 1.85. The number of halogens is 1. The Morgan fingerprint density at radius 2 is 2.00 bits per heavy atom. The predicted molar refractivity (Wildman–Crippen MR) is 33.4 cm³/mol. The summed E-state index contributed by atoms with van der Waals surface area (Å²) in [5, 5.41) is 8.04. The van der Waals surface area contributed by atoms with E-state index in [9.17, 15) is 9.59 Å². The van der Waals surface area contributed by atoms with Crippen LogP contribution in [0.2, 0.25) is 0 Å². The minimum Gasteiger partial charge on any atom is -1.00 e. The second-order valence-corrected chi connectivity index (χ2v) is 1.42. The molecule has 1 N–H and O–H groups in total. The third kappa shape index (κ3) is 8.97. The monoisotopic (exact) mass is 179 g/mol. The fourth-order valence-electron chi connectivity index (χ4n) is 0.330. The maximum Gasteiger partial charge on any atom is 0.330 e. The Morgan fingerprint density at radius 3 is 2.36 bits per heavy atom. The summed E-state index contributed by atoms with van der Waals surface area (Å²) in [5.41, 5.74) is 0. The SMILES string of the molecule is CCOC(=O)/C=C/C(=O)O.[Cl-]. The van der Waals surface area contributed by atoms with Crippen LogP contribution in [0.25, 0.3) is 0 Å². The van der Waals surface area contributed by atoms with Crippen molar-refractivity contribution in [3.8, 4) is 0 Å². The Kier molecular flexibility index (Phi) is 8.13. The Hall–Kier alpha value is -1.03. The van der Waals surface area contributed by atoms with Crippen molar-refractivity contribution in [3.63, 3.8) is 0 Å². The van der Waals surface area contributed by atoms with E-state index in [1.807, 2.05) is 0 Å². The molecule has 4 nitrogen and oxygen atoms in total. The highest BCUT2D eigenvalue weighted by molar-refractivity contribution is 5.90. The van der Waals surface area contributed by atoms with Crippen molar-refractivity contribution in [1.82, 2.24) is 0 Å². The number of hydrogen-bond donors (Lipinski definition) is 1. The zero-order chi connectivity index (χ0) is 7.98. The molecule has 0 aromatic heterocycles. The lowest BCUT2D eigenvalue weighted by Gasteiger charge is -1.92. The molecule has 0 saturated heterocycles. The molecule has 0 atom stereocenters. The number of esters is 1. The molecule has 0 amide bonds. The Labute approximate surface area is 70.3 Å². The Bertz CT molecular complexity index is 164. The predicted octanol–water partition coefficient (Wildman–Crippen LogP) is -2.81. The summed E-state index contributed by atoms with van der Waals surface area (Å²) in [6, 6.07) is 0. The number of ether oxygens (including phenoxy) is 1. The lowest BCUT2D eigenvalue weighted by molar-refractivity contribution is -0.138. The van der Waals surface area contributed by atoms with E-state index in [4.69, 9.17) is 5.11 Å². The molecule has 5 heteroatoms. The summed E-state index contributed by atoms with van der Waals surface area (Å²) in [6.07, 6.45) is 1.60. The van der Waals surface area contributed by atoms with Gasteiger partial charge in [-0.15, -0.1) is 0 Å². The van der Waals surface area contributed by atoms with Gasteiger partial charge in [-0.05, 0) is 6.92 Å². The summed E-state index contributed by atoms with van der Waals surface area (Å²) in [6.45, 7) is 1.90. The van der Waals surface area contributed by atoms with E-state index in [1.54, 1.807) is 6.92 Å². The Balaban J connectivity index is 0. The number of aliphatic carboxylic acids is 1. The highest BCUT2D eigenvalue weighted by Gasteiger charge is 1.94. The van der Waals surface area contributed by atoms with E-state index in [0.717, 1.165) is 12.2 Å². The first kappa shape index (κ1) is 12.6. The molecule has 0 bridgehead atoms. The highest BCUT2D eigenvalue weighted by Crippen LogP contribution is 1.80. The van der Waals surface area contributed by atoms with Crippen LogP contribution in [0.5, 0.6) is 0 Å². The number of hydrogen-bond acceptors (Lipinski definition) is 3. The summed E-state index contributed by atoms with van der Waals surface area (Å²) >= 11 is 0. The van der Waals surface area contributed by atoms with Gasteiger partial charge in [0.05, 0.1) is 6.61 Å². The van der Waals surface area contributed by atoms with Crippen molar-refractivity contribution >= 4 is 11.9 Å². The quantitative estimate of drug-likeness (QED) is 0.376. The van der Waals surface area contributed by atoms with Crippen LogP contribution in [0.4, 0.5) is 0 Å². The van der Waals surface area contributed by atoms with Crippen LogP contribution in [-0.4, -0.2) is 23.7 Å². The summed E-state index contributed by atoms with van der Waals surface area (Å²) in [7, 11) is 0. The van der Waals surface area contributed by atoms with E-state index < -0.39 is 11.9 Å². The number of carbonyl (C=O) groups excluding carboxylic acids is 1. The van der Waals surface area contributed by atoms with Crippen molar-refractivity contribution in [2.75, 3.05) is 6.61 Å². The molecule has 64 valence electrons. The number of carboxylic acid groups (broad SMARTS) is 1. The van der Waals surface area contributed by atoms with Gasteiger partial charge in [0.1, 0.15) is 0 Å². The van der Waals surface area contributed by atoms with Crippen LogP contribution in [0.15, 0.2) is 12.2 Å². The molecule has 11 heavy (non-hydrogen) atoms. The maximum atomic E-state index is 10.4. The van der Waals surface area contributed by atoms with Gasteiger partial charge < -0.3 is 22.3 Å². The van der Waals surface area contributed by atoms with Gasteiger partial charge in [-0.1, -0.05) is 0 Å². The van der Waals surface area contributed by atoms with Gasteiger partial charge in [-0.3, -0.25) is 0 Å². The molecule has 0 unspecified atom stereocenters. The first-order valence-corrected chi connectivity index (χ1v) is 2.74. The molecule has 0 aromatic rings. The molecule has 0 spiro atoms. The lowest BCUT2D eigenvalue weighted by Crippen LogP contribution is -3.00. The lowest BCUT2D eigenvalue weighted by atomic mass is 10.5. The van der Waals surface area contributed by atoms with Crippen LogP contribution < -0.4 is 12.4 Å². The number of rotatable bonds is 3. The third-order valence-electron chi connectivity index (χ3n) is 0.649. The van der Waals surface area contributed by atoms with Crippen molar-refractivity contribution in [1.29, 1.82) is 0 Å². The smallest absolute Gasteiger partial charge is 0.330 e. The average molecular weight is 180 g/mol. The van der Waals surface area contributed by atoms with Gasteiger partial charge in [-0.25, -0.2) is 9.59 Å². The standard InChI is InChI=1S/C6H8O4.ClH/c1-2-10-6(9)4-3-5(7)8;/h3-4H,2H2,1H3,(H,7,8);1H/p-1/b4-3+;. The fraction of sp³-hybridized carbons (Fsp3) is 0.333. The molecular weight excluding hydrogens is 172 g/mol.